The van der Waals surface area contributed by atoms with Gasteiger partial charge in [-0.2, -0.15) is 0 Å². The molecule has 0 saturated heterocycles. The first-order valence-corrected chi connectivity index (χ1v) is 7.99. The minimum Gasteiger partial charge on any atom is -0.458 e. The molecule has 0 aromatic heterocycles. The Labute approximate surface area is 144 Å². The SMILES string of the molecule is C#CCOCCOCCOCCOCCOCC(=O)OC(C)(C)C. The van der Waals surface area contributed by atoms with Gasteiger partial charge in [-0.25, -0.2) is 4.79 Å². The Morgan fingerprint density at radius 1 is 0.792 bits per heavy atom. The predicted molar refractivity (Wildman–Crippen MR) is 88.8 cm³/mol. The molecule has 0 aromatic rings. The minimum absolute atomic E-state index is 0.0699. The molecule has 0 heterocycles. The first-order valence-electron chi connectivity index (χ1n) is 7.99. The lowest BCUT2D eigenvalue weighted by Gasteiger charge is -2.19. The van der Waals surface area contributed by atoms with Crippen molar-refractivity contribution in [3.05, 3.63) is 0 Å². The summed E-state index contributed by atoms with van der Waals surface area (Å²) in [5.74, 6) is 2.00. The number of carbonyl (C=O) groups excluding carboxylic acids is 1. The fraction of sp³-hybridized carbons (Fsp3) is 0.824. The number of esters is 1. The lowest BCUT2D eigenvalue weighted by atomic mass is 10.2. The van der Waals surface area contributed by atoms with Crippen molar-refractivity contribution in [3.63, 3.8) is 0 Å². The van der Waals surface area contributed by atoms with Crippen LogP contribution >= 0.6 is 0 Å². The Bertz CT molecular complexity index is 344. The van der Waals surface area contributed by atoms with Crippen molar-refractivity contribution in [2.75, 3.05) is 66.1 Å². The van der Waals surface area contributed by atoms with Gasteiger partial charge in [-0.05, 0) is 20.8 Å². The molecule has 0 amide bonds. The molecule has 0 radical (unpaired) electrons. The molecule has 140 valence electrons. The molecule has 0 aliphatic heterocycles. The van der Waals surface area contributed by atoms with E-state index in [2.05, 4.69) is 5.92 Å². The normalized spacial score (nSPS) is 11.2. The summed E-state index contributed by atoms with van der Waals surface area (Å²) in [6.45, 7) is 9.31. The maximum absolute atomic E-state index is 11.4. The molecular weight excluding hydrogens is 316 g/mol. The Morgan fingerprint density at radius 2 is 1.21 bits per heavy atom. The van der Waals surface area contributed by atoms with E-state index >= 15 is 0 Å². The van der Waals surface area contributed by atoms with Gasteiger partial charge in [-0.1, -0.05) is 5.92 Å². The van der Waals surface area contributed by atoms with Gasteiger partial charge >= 0.3 is 5.97 Å². The van der Waals surface area contributed by atoms with E-state index < -0.39 is 5.60 Å². The van der Waals surface area contributed by atoms with Crippen LogP contribution in [0.3, 0.4) is 0 Å². The van der Waals surface area contributed by atoms with Crippen LogP contribution in [0.15, 0.2) is 0 Å². The number of rotatable bonds is 15. The second-order valence-corrected chi connectivity index (χ2v) is 5.73. The Morgan fingerprint density at radius 3 is 1.62 bits per heavy atom. The lowest BCUT2D eigenvalue weighted by molar-refractivity contribution is -0.160. The average Bonchev–Trinajstić information content (AvgIpc) is 2.49. The Kier molecular flexibility index (Phi) is 14.6. The fourth-order valence-electron chi connectivity index (χ4n) is 1.44. The Hall–Kier alpha value is -1.17. The lowest BCUT2D eigenvalue weighted by Crippen LogP contribution is -2.27. The molecule has 0 aliphatic carbocycles. The third kappa shape index (κ3) is 18.9. The van der Waals surface area contributed by atoms with Crippen LogP contribution in [-0.4, -0.2) is 77.6 Å². The molecule has 0 rings (SSSR count). The van der Waals surface area contributed by atoms with E-state index in [4.69, 9.17) is 34.8 Å². The minimum atomic E-state index is -0.493. The number of carbonyl (C=O) groups is 1. The van der Waals surface area contributed by atoms with E-state index in [-0.39, 0.29) is 12.6 Å². The van der Waals surface area contributed by atoms with Gasteiger partial charge in [-0.3, -0.25) is 0 Å². The van der Waals surface area contributed by atoms with Crippen LogP contribution in [0.2, 0.25) is 0 Å². The molecule has 0 unspecified atom stereocenters. The fourth-order valence-corrected chi connectivity index (χ4v) is 1.44. The second-order valence-electron chi connectivity index (χ2n) is 5.73. The van der Waals surface area contributed by atoms with Gasteiger partial charge in [-0.15, -0.1) is 6.42 Å². The molecule has 7 nitrogen and oxygen atoms in total. The first-order chi connectivity index (χ1) is 11.5. The van der Waals surface area contributed by atoms with Crippen molar-refractivity contribution in [1.29, 1.82) is 0 Å². The zero-order valence-electron chi connectivity index (χ0n) is 15.0. The smallest absolute Gasteiger partial charge is 0.332 e. The second kappa shape index (κ2) is 15.4. The van der Waals surface area contributed by atoms with Crippen molar-refractivity contribution >= 4 is 5.97 Å². The number of hydrogen-bond donors (Lipinski definition) is 0. The van der Waals surface area contributed by atoms with Crippen LogP contribution in [0.4, 0.5) is 0 Å². The largest absolute Gasteiger partial charge is 0.458 e. The van der Waals surface area contributed by atoms with Gasteiger partial charge in [0.1, 0.15) is 18.8 Å². The molecule has 0 spiro atoms. The standard InChI is InChI=1S/C17H30O7/c1-5-6-19-7-8-20-9-10-21-11-12-22-13-14-23-15-16(18)24-17(2,3)4/h1H,6-15H2,2-4H3. The highest BCUT2D eigenvalue weighted by Gasteiger charge is 2.15. The summed E-state index contributed by atoms with van der Waals surface area (Å²) in [5.41, 5.74) is -0.493. The van der Waals surface area contributed by atoms with E-state index in [9.17, 15) is 4.79 Å². The van der Waals surface area contributed by atoms with E-state index in [1.54, 1.807) is 0 Å². The van der Waals surface area contributed by atoms with Crippen LogP contribution in [0.5, 0.6) is 0 Å². The zero-order chi connectivity index (χ0) is 18.1. The molecule has 24 heavy (non-hydrogen) atoms. The van der Waals surface area contributed by atoms with Gasteiger partial charge in [0.15, 0.2) is 0 Å². The third-order valence-corrected chi connectivity index (χ3v) is 2.31. The summed E-state index contributed by atoms with van der Waals surface area (Å²) >= 11 is 0. The van der Waals surface area contributed by atoms with Crippen molar-refractivity contribution in [2.45, 2.75) is 26.4 Å². The van der Waals surface area contributed by atoms with Gasteiger partial charge in [0, 0.05) is 0 Å². The summed E-state index contributed by atoms with van der Waals surface area (Å²) in [4.78, 5) is 11.4. The van der Waals surface area contributed by atoms with Gasteiger partial charge in [0.05, 0.1) is 52.9 Å². The topological polar surface area (TPSA) is 72.5 Å². The molecule has 7 heteroatoms. The van der Waals surface area contributed by atoms with Crippen LogP contribution in [0, 0.1) is 12.3 Å². The van der Waals surface area contributed by atoms with E-state index in [0.29, 0.717) is 59.5 Å². The maximum atomic E-state index is 11.4. The number of hydrogen-bond acceptors (Lipinski definition) is 7. The Balaban J connectivity index is 3.15. The van der Waals surface area contributed by atoms with E-state index in [1.165, 1.54) is 0 Å². The molecule has 0 aromatic carbocycles. The summed E-state index contributed by atoms with van der Waals surface area (Å²) in [6, 6.07) is 0. The van der Waals surface area contributed by atoms with E-state index in [1.807, 2.05) is 20.8 Å². The highest BCUT2D eigenvalue weighted by molar-refractivity contribution is 5.71. The molecule has 0 fully saturated rings. The maximum Gasteiger partial charge on any atom is 0.332 e. The van der Waals surface area contributed by atoms with Crippen LogP contribution in [-0.2, 0) is 33.2 Å². The molecule has 0 aliphatic rings. The van der Waals surface area contributed by atoms with Crippen molar-refractivity contribution < 1.29 is 33.2 Å². The summed E-state index contributed by atoms with van der Waals surface area (Å²) in [5, 5.41) is 0. The monoisotopic (exact) mass is 346 g/mol. The highest BCUT2D eigenvalue weighted by Crippen LogP contribution is 2.06. The summed E-state index contributed by atoms with van der Waals surface area (Å²) in [7, 11) is 0. The van der Waals surface area contributed by atoms with Crippen molar-refractivity contribution in [2.24, 2.45) is 0 Å². The molecule has 0 bridgehead atoms. The molecule has 0 N–H and O–H groups in total. The zero-order valence-corrected chi connectivity index (χ0v) is 15.0. The molecule has 0 saturated carbocycles. The van der Waals surface area contributed by atoms with Crippen LogP contribution < -0.4 is 0 Å². The number of terminal acetylenes is 1. The quantitative estimate of drug-likeness (QED) is 0.249. The van der Waals surface area contributed by atoms with Crippen molar-refractivity contribution in [3.8, 4) is 12.3 Å². The van der Waals surface area contributed by atoms with Gasteiger partial charge in [0.25, 0.3) is 0 Å². The average molecular weight is 346 g/mol. The summed E-state index contributed by atoms with van der Waals surface area (Å²) < 4.78 is 31.2. The molecule has 0 atom stereocenters. The molecular formula is C17H30O7. The highest BCUT2D eigenvalue weighted by atomic mass is 16.6. The predicted octanol–water partition coefficient (Wildman–Crippen LogP) is 1.04. The van der Waals surface area contributed by atoms with Gasteiger partial charge in [0.2, 0.25) is 0 Å². The van der Waals surface area contributed by atoms with Crippen molar-refractivity contribution in [1.82, 2.24) is 0 Å². The van der Waals surface area contributed by atoms with Crippen LogP contribution in [0.25, 0.3) is 0 Å². The first kappa shape index (κ1) is 22.8. The van der Waals surface area contributed by atoms with Crippen LogP contribution in [0.1, 0.15) is 20.8 Å². The van der Waals surface area contributed by atoms with Gasteiger partial charge < -0.3 is 28.4 Å². The third-order valence-electron chi connectivity index (χ3n) is 2.31. The number of ether oxygens (including phenoxy) is 6. The van der Waals surface area contributed by atoms with E-state index in [0.717, 1.165) is 0 Å². The summed E-state index contributed by atoms with van der Waals surface area (Å²) in [6.07, 6.45) is 5.03.